The second-order valence-corrected chi connectivity index (χ2v) is 6.94. The van der Waals surface area contributed by atoms with Gasteiger partial charge in [-0.1, -0.05) is 12.1 Å². The van der Waals surface area contributed by atoms with Crippen molar-refractivity contribution < 1.29 is 8.42 Å². The molecule has 0 bridgehead atoms. The number of nitrogens with zero attached hydrogens (tertiary/aromatic N) is 1. The van der Waals surface area contributed by atoms with Crippen LogP contribution >= 0.6 is 0 Å². The van der Waals surface area contributed by atoms with Crippen LogP contribution in [0.4, 0.5) is 0 Å². The fourth-order valence-corrected chi connectivity index (χ4v) is 4.16. The average molecular weight is 268 g/mol. The van der Waals surface area contributed by atoms with Gasteiger partial charge in [0.2, 0.25) is 10.0 Å². The van der Waals surface area contributed by atoms with Gasteiger partial charge >= 0.3 is 0 Å². The quantitative estimate of drug-likeness (QED) is 0.882. The van der Waals surface area contributed by atoms with Gasteiger partial charge in [0, 0.05) is 19.1 Å². The van der Waals surface area contributed by atoms with Crippen LogP contribution in [0.15, 0.2) is 23.1 Å². The van der Waals surface area contributed by atoms with Crippen LogP contribution in [0.2, 0.25) is 0 Å². The van der Waals surface area contributed by atoms with Crippen LogP contribution in [-0.2, 0) is 10.0 Å². The molecule has 0 aromatic heterocycles. The van der Waals surface area contributed by atoms with Crippen LogP contribution in [0.1, 0.15) is 24.0 Å². The Morgan fingerprint density at radius 1 is 1.33 bits per heavy atom. The van der Waals surface area contributed by atoms with Crippen molar-refractivity contribution in [1.82, 2.24) is 4.31 Å². The Bertz CT molecular complexity index is 540. The lowest BCUT2D eigenvalue weighted by molar-refractivity contribution is 0.316. The van der Waals surface area contributed by atoms with E-state index in [1.807, 2.05) is 26.0 Å². The largest absolute Gasteiger partial charge is 0.327 e. The van der Waals surface area contributed by atoms with Crippen LogP contribution in [-0.4, -0.2) is 31.9 Å². The highest BCUT2D eigenvalue weighted by Gasteiger charge is 2.29. The fraction of sp³-hybridized carbons (Fsp3) is 0.538. The summed E-state index contributed by atoms with van der Waals surface area (Å²) in [5, 5.41) is 0. The van der Waals surface area contributed by atoms with Crippen LogP contribution in [0.5, 0.6) is 0 Å². The van der Waals surface area contributed by atoms with Crippen molar-refractivity contribution in [2.24, 2.45) is 5.73 Å². The predicted octanol–water partition coefficient (Wildman–Crippen LogP) is 1.42. The number of aryl methyl sites for hydroxylation is 2. The molecular formula is C13H20N2O2S. The van der Waals surface area contributed by atoms with Crippen molar-refractivity contribution in [1.29, 1.82) is 0 Å². The molecule has 1 aliphatic heterocycles. The molecule has 0 radical (unpaired) electrons. The highest BCUT2D eigenvalue weighted by molar-refractivity contribution is 7.89. The molecule has 0 saturated carbocycles. The smallest absolute Gasteiger partial charge is 0.243 e. The van der Waals surface area contributed by atoms with Gasteiger partial charge in [-0.2, -0.15) is 4.31 Å². The molecule has 0 aliphatic carbocycles. The summed E-state index contributed by atoms with van der Waals surface area (Å²) in [5.74, 6) is 0. The molecular weight excluding hydrogens is 248 g/mol. The van der Waals surface area contributed by atoms with Gasteiger partial charge in [-0.05, 0) is 43.9 Å². The number of hydrogen-bond donors (Lipinski definition) is 1. The normalized spacial score (nSPS) is 22.1. The first kappa shape index (κ1) is 13.5. The van der Waals surface area contributed by atoms with Crippen LogP contribution in [0, 0.1) is 13.8 Å². The minimum atomic E-state index is -3.39. The number of nitrogens with two attached hydrogens (primary N) is 1. The second-order valence-electron chi connectivity index (χ2n) is 5.03. The van der Waals surface area contributed by atoms with Crippen molar-refractivity contribution >= 4 is 10.0 Å². The van der Waals surface area contributed by atoms with Crippen molar-refractivity contribution in [3.05, 3.63) is 29.3 Å². The van der Waals surface area contributed by atoms with Gasteiger partial charge in [-0.25, -0.2) is 8.42 Å². The number of benzene rings is 1. The topological polar surface area (TPSA) is 63.4 Å². The van der Waals surface area contributed by atoms with E-state index in [4.69, 9.17) is 5.73 Å². The maximum absolute atomic E-state index is 12.6. The van der Waals surface area contributed by atoms with Gasteiger partial charge < -0.3 is 5.73 Å². The summed E-state index contributed by atoms with van der Waals surface area (Å²) >= 11 is 0. The Morgan fingerprint density at radius 2 is 2.06 bits per heavy atom. The van der Waals surface area contributed by atoms with Gasteiger partial charge in [0.15, 0.2) is 0 Å². The van der Waals surface area contributed by atoms with Crippen LogP contribution in [0.3, 0.4) is 0 Å². The van der Waals surface area contributed by atoms with Gasteiger partial charge in [0.05, 0.1) is 4.90 Å². The van der Waals surface area contributed by atoms with Gasteiger partial charge in [-0.3, -0.25) is 0 Å². The molecule has 1 aliphatic rings. The van der Waals surface area contributed by atoms with Crippen LogP contribution < -0.4 is 5.73 Å². The molecule has 1 heterocycles. The predicted molar refractivity (Wildman–Crippen MR) is 71.9 cm³/mol. The first-order valence-electron chi connectivity index (χ1n) is 6.24. The van der Waals surface area contributed by atoms with Gasteiger partial charge in [-0.15, -0.1) is 0 Å². The molecule has 18 heavy (non-hydrogen) atoms. The molecule has 100 valence electrons. The van der Waals surface area contributed by atoms with Crippen LogP contribution in [0.25, 0.3) is 0 Å². The Hall–Kier alpha value is -0.910. The summed E-state index contributed by atoms with van der Waals surface area (Å²) in [5.41, 5.74) is 7.61. The fourth-order valence-electron chi connectivity index (χ4n) is 2.32. The molecule has 1 aromatic rings. The standard InChI is InChI=1S/C13H20N2O2S/c1-10-5-6-11(2)13(8-10)18(16,17)15-7-3-4-12(14)9-15/h5-6,8,12H,3-4,7,9,14H2,1-2H3/t12-/m1/s1. The molecule has 2 N–H and O–H groups in total. The summed E-state index contributed by atoms with van der Waals surface area (Å²) in [6.07, 6.45) is 1.74. The summed E-state index contributed by atoms with van der Waals surface area (Å²) in [4.78, 5) is 0.414. The SMILES string of the molecule is Cc1ccc(C)c(S(=O)(=O)N2CCC[C@@H](N)C2)c1. The van der Waals surface area contributed by atoms with E-state index >= 15 is 0 Å². The second kappa shape index (κ2) is 4.99. The van der Waals surface area contributed by atoms with Crippen molar-refractivity contribution in [3.63, 3.8) is 0 Å². The molecule has 0 spiro atoms. The van der Waals surface area contributed by atoms with E-state index < -0.39 is 10.0 Å². The molecule has 1 saturated heterocycles. The Morgan fingerprint density at radius 3 is 2.72 bits per heavy atom. The van der Waals surface area contributed by atoms with Gasteiger partial charge in [0.1, 0.15) is 0 Å². The van der Waals surface area contributed by atoms with Gasteiger partial charge in [0.25, 0.3) is 0 Å². The number of piperidine rings is 1. The third kappa shape index (κ3) is 2.58. The lowest BCUT2D eigenvalue weighted by atomic mass is 10.1. The zero-order valence-electron chi connectivity index (χ0n) is 10.9. The molecule has 0 unspecified atom stereocenters. The highest BCUT2D eigenvalue weighted by atomic mass is 32.2. The third-order valence-corrected chi connectivity index (χ3v) is 5.39. The maximum atomic E-state index is 12.6. The Kier molecular flexibility index (Phi) is 3.75. The van der Waals surface area contributed by atoms with E-state index in [0.717, 1.165) is 24.0 Å². The average Bonchev–Trinajstić information content (AvgIpc) is 2.32. The Labute approximate surface area is 109 Å². The minimum Gasteiger partial charge on any atom is -0.327 e. The molecule has 1 fully saturated rings. The number of sulfonamides is 1. The molecule has 1 aromatic carbocycles. The summed E-state index contributed by atoms with van der Waals surface area (Å²) in [6, 6.07) is 5.48. The molecule has 5 heteroatoms. The van der Waals surface area contributed by atoms with E-state index in [2.05, 4.69) is 0 Å². The lowest BCUT2D eigenvalue weighted by Gasteiger charge is -2.30. The monoisotopic (exact) mass is 268 g/mol. The molecule has 2 rings (SSSR count). The number of rotatable bonds is 2. The van der Waals surface area contributed by atoms with E-state index in [9.17, 15) is 8.42 Å². The minimum absolute atomic E-state index is 0.0429. The molecule has 1 atom stereocenters. The lowest BCUT2D eigenvalue weighted by Crippen LogP contribution is -2.45. The van der Waals surface area contributed by atoms with E-state index in [0.29, 0.717) is 18.0 Å². The van der Waals surface area contributed by atoms with E-state index in [1.54, 1.807) is 6.07 Å². The summed E-state index contributed by atoms with van der Waals surface area (Å²) < 4.78 is 26.7. The maximum Gasteiger partial charge on any atom is 0.243 e. The first-order chi connectivity index (χ1) is 8.41. The zero-order chi connectivity index (χ0) is 13.3. The number of hydrogen-bond acceptors (Lipinski definition) is 3. The van der Waals surface area contributed by atoms with Crippen molar-refractivity contribution in [2.75, 3.05) is 13.1 Å². The first-order valence-corrected chi connectivity index (χ1v) is 7.68. The van der Waals surface area contributed by atoms with E-state index in [-0.39, 0.29) is 6.04 Å². The Balaban J connectivity index is 2.38. The zero-order valence-corrected chi connectivity index (χ0v) is 11.7. The summed E-state index contributed by atoms with van der Waals surface area (Å²) in [6.45, 7) is 4.73. The van der Waals surface area contributed by atoms with Crippen molar-refractivity contribution in [2.45, 2.75) is 37.6 Å². The molecule has 0 amide bonds. The van der Waals surface area contributed by atoms with E-state index in [1.165, 1.54) is 4.31 Å². The van der Waals surface area contributed by atoms with Crippen molar-refractivity contribution in [3.8, 4) is 0 Å². The summed E-state index contributed by atoms with van der Waals surface area (Å²) in [7, 11) is -3.39. The molecule has 4 nitrogen and oxygen atoms in total. The third-order valence-electron chi connectivity index (χ3n) is 3.38. The highest BCUT2D eigenvalue weighted by Crippen LogP contribution is 2.23.